The van der Waals surface area contributed by atoms with Crippen LogP contribution < -0.4 is 20.9 Å². The molecule has 0 fully saturated rings. The number of ether oxygens (including phenoxy) is 4. The maximum atomic E-state index is 5.89. The summed E-state index contributed by atoms with van der Waals surface area (Å²) >= 11 is 0. The molecule has 0 aromatic heterocycles. The van der Waals surface area contributed by atoms with Gasteiger partial charge in [-0.3, -0.25) is 0 Å². The van der Waals surface area contributed by atoms with Crippen LogP contribution in [-0.2, 0) is 9.47 Å². The van der Waals surface area contributed by atoms with E-state index in [1.807, 2.05) is 48.5 Å². The molecule has 0 heterocycles. The van der Waals surface area contributed by atoms with Crippen LogP contribution in [0.3, 0.4) is 0 Å². The Kier molecular flexibility index (Phi) is 12.2. The smallest absolute Gasteiger partial charge is 0.119 e. The molecule has 2 atom stereocenters. The molecule has 2 aliphatic carbocycles. The molecule has 4 N–H and O–H groups in total. The van der Waals surface area contributed by atoms with Gasteiger partial charge in [-0.05, 0) is 81.9 Å². The van der Waals surface area contributed by atoms with Crippen LogP contribution >= 0.6 is 0 Å². The first kappa shape index (κ1) is 34.3. The van der Waals surface area contributed by atoms with Crippen LogP contribution in [0, 0.1) is 0 Å². The van der Waals surface area contributed by atoms with Crippen molar-refractivity contribution >= 4 is 22.5 Å². The summed E-state index contributed by atoms with van der Waals surface area (Å²) in [6.45, 7) is 2.91. The molecule has 6 heteroatoms. The molecule has 2 aliphatic rings. The zero-order valence-electron chi connectivity index (χ0n) is 28.2. The first-order valence-electron chi connectivity index (χ1n) is 17.1. The molecule has 0 radical (unpaired) electrons. The van der Waals surface area contributed by atoms with Gasteiger partial charge in [0.05, 0.1) is 26.4 Å². The average Bonchev–Trinajstić information content (AvgIpc) is 3.56. The van der Waals surface area contributed by atoms with E-state index in [4.69, 9.17) is 30.4 Å². The fraction of sp³-hybridized carbons (Fsp3) is 0.182. The van der Waals surface area contributed by atoms with Crippen molar-refractivity contribution in [2.75, 3.05) is 51.1 Å². The zero-order valence-corrected chi connectivity index (χ0v) is 28.2. The Labute approximate surface area is 295 Å². The highest BCUT2D eigenvalue weighted by Gasteiger charge is 2.10. The molecule has 0 bridgehead atoms. The predicted molar refractivity (Wildman–Crippen MR) is 205 cm³/mol. The average molecular weight is 665 g/mol. The number of nitrogen functional groups attached to an aromatic ring is 2. The third kappa shape index (κ3) is 9.98. The molecule has 4 aromatic rings. The molecule has 6 rings (SSSR count). The molecule has 0 spiro atoms. The highest BCUT2D eigenvalue weighted by molar-refractivity contribution is 5.77. The molecule has 0 saturated carbocycles. The van der Waals surface area contributed by atoms with E-state index in [9.17, 15) is 0 Å². The van der Waals surface area contributed by atoms with Crippen LogP contribution in [-0.4, -0.2) is 39.6 Å². The number of anilines is 2. The Morgan fingerprint density at radius 1 is 0.440 bits per heavy atom. The zero-order chi connectivity index (χ0) is 34.4. The second-order valence-electron chi connectivity index (χ2n) is 12.1. The molecule has 0 aliphatic heterocycles. The van der Waals surface area contributed by atoms with Gasteiger partial charge in [0.15, 0.2) is 0 Å². The summed E-state index contributed by atoms with van der Waals surface area (Å²) in [7, 11) is 0. The van der Waals surface area contributed by atoms with Gasteiger partial charge in [-0.25, -0.2) is 0 Å². The quantitative estimate of drug-likeness (QED) is 0.0975. The van der Waals surface area contributed by atoms with Gasteiger partial charge in [0.1, 0.15) is 24.7 Å². The predicted octanol–water partition coefficient (Wildman–Crippen LogP) is 8.93. The Hall–Kier alpha value is -5.56. The summed E-state index contributed by atoms with van der Waals surface area (Å²) in [4.78, 5) is 0. The summed E-state index contributed by atoms with van der Waals surface area (Å²) < 4.78 is 23.1. The highest BCUT2D eigenvalue weighted by atomic mass is 16.6. The van der Waals surface area contributed by atoms with Crippen LogP contribution in [0.1, 0.15) is 34.1 Å². The van der Waals surface area contributed by atoms with E-state index in [0.717, 1.165) is 39.6 Å². The van der Waals surface area contributed by atoms with E-state index < -0.39 is 0 Å². The fourth-order valence-corrected chi connectivity index (χ4v) is 5.75. The molecule has 254 valence electrons. The van der Waals surface area contributed by atoms with Crippen LogP contribution in [0.2, 0.25) is 0 Å². The van der Waals surface area contributed by atoms with Crippen LogP contribution in [0.5, 0.6) is 11.5 Å². The molecule has 6 nitrogen and oxygen atoms in total. The van der Waals surface area contributed by atoms with Gasteiger partial charge in [0.25, 0.3) is 0 Å². The SMILES string of the molecule is Nc1ccc(C2C=CC=C(c3ccc(OCCOCCOCCOc4ccc(C5=CC(c6ccc(N)cc6)C=CC=C5)cc4)cc3)C=C2)cc1. The van der Waals surface area contributed by atoms with Crippen molar-refractivity contribution in [3.8, 4) is 11.5 Å². The number of rotatable bonds is 15. The lowest BCUT2D eigenvalue weighted by Gasteiger charge is -2.12. The van der Waals surface area contributed by atoms with Crippen molar-refractivity contribution < 1.29 is 18.9 Å². The van der Waals surface area contributed by atoms with E-state index in [0.29, 0.717) is 39.6 Å². The van der Waals surface area contributed by atoms with E-state index in [1.165, 1.54) is 16.7 Å². The maximum absolute atomic E-state index is 5.89. The lowest BCUT2D eigenvalue weighted by atomic mass is 9.94. The third-order valence-electron chi connectivity index (χ3n) is 8.52. The Bertz CT molecular complexity index is 1850. The lowest BCUT2D eigenvalue weighted by molar-refractivity contribution is 0.0273. The summed E-state index contributed by atoms with van der Waals surface area (Å²) in [5.41, 5.74) is 20.3. The maximum Gasteiger partial charge on any atom is 0.119 e. The monoisotopic (exact) mass is 664 g/mol. The Balaban J connectivity index is 0.834. The minimum absolute atomic E-state index is 0.185. The third-order valence-corrected chi connectivity index (χ3v) is 8.52. The molecule has 4 aromatic carbocycles. The van der Waals surface area contributed by atoms with E-state index in [2.05, 4.69) is 109 Å². The van der Waals surface area contributed by atoms with E-state index in [-0.39, 0.29) is 11.8 Å². The molecule has 0 amide bonds. The Morgan fingerprint density at radius 3 is 1.52 bits per heavy atom. The van der Waals surface area contributed by atoms with Gasteiger partial charge in [-0.1, -0.05) is 109 Å². The van der Waals surface area contributed by atoms with Gasteiger partial charge in [0.2, 0.25) is 0 Å². The van der Waals surface area contributed by atoms with Gasteiger partial charge in [-0.15, -0.1) is 0 Å². The fourth-order valence-electron chi connectivity index (χ4n) is 5.75. The minimum atomic E-state index is 0.185. The number of hydrogen-bond acceptors (Lipinski definition) is 6. The number of benzene rings is 4. The van der Waals surface area contributed by atoms with Gasteiger partial charge in [0, 0.05) is 23.2 Å². The van der Waals surface area contributed by atoms with Gasteiger partial charge < -0.3 is 30.4 Å². The number of hydrogen-bond donors (Lipinski definition) is 2. The second kappa shape index (κ2) is 17.7. The molecular formula is C44H44N2O4. The van der Waals surface area contributed by atoms with Crippen LogP contribution in [0.25, 0.3) is 11.1 Å². The molecule has 0 saturated heterocycles. The molecule has 50 heavy (non-hydrogen) atoms. The standard InChI is InChI=1S/C44H44N2O4/c45-41-18-10-35(11-19-41)33-6-3-7-34(9-8-33)36-14-22-43(23-15-36)49-30-28-47-26-27-48-29-31-50-44-24-16-38(17-25-44)40-5-2-1-4-39(32-40)37-12-20-42(46)21-13-37/h1-25,32-33,39H,26-31,45-46H2. The second-order valence-corrected chi connectivity index (χ2v) is 12.1. The Morgan fingerprint density at radius 2 is 0.940 bits per heavy atom. The first-order valence-corrected chi connectivity index (χ1v) is 17.1. The van der Waals surface area contributed by atoms with Crippen LogP contribution in [0.4, 0.5) is 11.4 Å². The van der Waals surface area contributed by atoms with Crippen molar-refractivity contribution in [1.82, 2.24) is 0 Å². The minimum Gasteiger partial charge on any atom is -0.491 e. The van der Waals surface area contributed by atoms with Crippen molar-refractivity contribution in [2.24, 2.45) is 0 Å². The highest BCUT2D eigenvalue weighted by Crippen LogP contribution is 2.30. The van der Waals surface area contributed by atoms with Crippen molar-refractivity contribution in [3.63, 3.8) is 0 Å². The molecular weight excluding hydrogens is 620 g/mol. The lowest BCUT2D eigenvalue weighted by Crippen LogP contribution is -2.13. The number of nitrogens with two attached hydrogens (primary N) is 2. The molecule has 2 unspecified atom stereocenters. The van der Waals surface area contributed by atoms with E-state index >= 15 is 0 Å². The van der Waals surface area contributed by atoms with E-state index in [1.54, 1.807) is 0 Å². The van der Waals surface area contributed by atoms with Gasteiger partial charge in [-0.2, -0.15) is 0 Å². The van der Waals surface area contributed by atoms with Gasteiger partial charge >= 0.3 is 0 Å². The summed E-state index contributed by atoms with van der Waals surface area (Å²) in [6, 6.07) is 32.4. The topological polar surface area (TPSA) is 89.0 Å². The summed E-state index contributed by atoms with van der Waals surface area (Å²) in [6.07, 6.45) is 21.6. The first-order chi connectivity index (χ1) is 24.6. The van der Waals surface area contributed by atoms with Crippen LogP contribution in [0.15, 0.2) is 158 Å². The van der Waals surface area contributed by atoms with Crippen molar-refractivity contribution in [1.29, 1.82) is 0 Å². The van der Waals surface area contributed by atoms with Crippen molar-refractivity contribution in [3.05, 3.63) is 180 Å². The summed E-state index contributed by atoms with van der Waals surface area (Å²) in [5.74, 6) is 2.03. The van der Waals surface area contributed by atoms with Crippen molar-refractivity contribution in [2.45, 2.75) is 11.8 Å². The normalized spacial score (nSPS) is 16.7. The number of allylic oxidation sites excluding steroid dienone is 12. The largest absolute Gasteiger partial charge is 0.491 e. The summed E-state index contributed by atoms with van der Waals surface area (Å²) in [5, 5.41) is 0.